The number of amides is 2. The second-order valence-corrected chi connectivity index (χ2v) is 12.2. The zero-order valence-corrected chi connectivity index (χ0v) is 24.4. The Morgan fingerprint density at radius 2 is 1.64 bits per heavy atom. The fourth-order valence-electron chi connectivity index (χ4n) is 8.37. The maximum atomic E-state index is 13.9. The van der Waals surface area contributed by atoms with Gasteiger partial charge in [0.15, 0.2) is 12.0 Å². The Morgan fingerprint density at radius 3 is 2.36 bits per heavy atom. The monoisotopic (exact) mass is 586 g/mol. The highest BCUT2D eigenvalue weighted by atomic mass is 16.6. The van der Waals surface area contributed by atoms with Crippen molar-refractivity contribution < 1.29 is 24.2 Å². The molecule has 3 aliphatic rings. The van der Waals surface area contributed by atoms with E-state index in [0.717, 1.165) is 43.6 Å². The summed E-state index contributed by atoms with van der Waals surface area (Å²) in [5.41, 5.74) is 4.17. The van der Waals surface area contributed by atoms with E-state index in [-0.39, 0.29) is 17.9 Å². The number of methoxy groups -OCH3 is 1. The molecule has 5 atom stereocenters. The first kappa shape index (κ1) is 25.8. The summed E-state index contributed by atoms with van der Waals surface area (Å²) in [6.07, 6.45) is -1.73. The first-order valence-electron chi connectivity index (χ1n) is 14.9. The highest BCUT2D eigenvalue weighted by molar-refractivity contribution is 6.31. The molecule has 1 unspecified atom stereocenters. The number of hydrogen-bond donors (Lipinski definition) is 2. The minimum atomic E-state index is -1.15. The lowest BCUT2D eigenvalue weighted by Crippen LogP contribution is -2.61. The van der Waals surface area contributed by atoms with Crippen LogP contribution in [0.2, 0.25) is 0 Å². The summed E-state index contributed by atoms with van der Waals surface area (Å²) >= 11 is 0. The van der Waals surface area contributed by atoms with E-state index < -0.39 is 24.3 Å². The molecule has 2 amide bonds. The molecule has 4 aromatic carbocycles. The Hall–Kier alpha value is -4.70. The zero-order valence-electron chi connectivity index (χ0n) is 24.4. The minimum Gasteiger partial charge on any atom is -0.374 e. The van der Waals surface area contributed by atoms with Gasteiger partial charge in [-0.05, 0) is 31.2 Å². The number of hydrogen-bond acceptors (Lipinski definition) is 5. The fourth-order valence-corrected chi connectivity index (χ4v) is 8.37. The average Bonchev–Trinajstić information content (AvgIpc) is 3.65. The lowest BCUT2D eigenvalue weighted by molar-refractivity contribution is -0.264. The van der Waals surface area contributed by atoms with Crippen molar-refractivity contribution in [1.82, 2.24) is 19.4 Å². The van der Waals surface area contributed by atoms with Crippen LogP contribution in [0, 0.1) is 0 Å². The molecule has 0 aliphatic carbocycles. The molecule has 9 heteroatoms. The Bertz CT molecular complexity index is 2220. The van der Waals surface area contributed by atoms with E-state index in [2.05, 4.69) is 14.5 Å². The van der Waals surface area contributed by atoms with Crippen LogP contribution in [0.1, 0.15) is 52.1 Å². The van der Waals surface area contributed by atoms with Crippen molar-refractivity contribution in [1.29, 1.82) is 0 Å². The van der Waals surface area contributed by atoms with Gasteiger partial charge in [-0.25, -0.2) is 0 Å². The number of aromatic nitrogens is 2. The van der Waals surface area contributed by atoms with Gasteiger partial charge in [0.25, 0.3) is 11.8 Å². The van der Waals surface area contributed by atoms with Crippen LogP contribution in [0.25, 0.3) is 43.6 Å². The second-order valence-electron chi connectivity index (χ2n) is 12.2. The van der Waals surface area contributed by atoms with E-state index in [4.69, 9.17) is 9.47 Å². The second kappa shape index (κ2) is 8.69. The number of aliphatic hydroxyl groups is 1. The molecule has 0 spiro atoms. The van der Waals surface area contributed by atoms with E-state index in [1.54, 1.807) is 12.0 Å². The first-order valence-corrected chi connectivity index (χ1v) is 14.9. The highest BCUT2D eigenvalue weighted by Crippen LogP contribution is 2.55. The van der Waals surface area contributed by atoms with Gasteiger partial charge in [-0.1, -0.05) is 54.6 Å². The Labute approximate surface area is 252 Å². The normalized spacial score (nSPS) is 25.6. The number of aliphatic hydroxyl groups excluding tert-OH is 1. The molecule has 5 heterocycles. The molecule has 2 N–H and O–H groups in total. The molecular formula is C35H30N4O5. The van der Waals surface area contributed by atoms with Crippen molar-refractivity contribution in [3.63, 3.8) is 0 Å². The number of nitrogens with one attached hydrogen (secondary N) is 1. The standard InChI is InChI=1S/C35H30N4O5/c1-35-31(43-3)23(37(2)34(42)18-11-5-4-6-12-18)17-24(44-35)38-21-15-9-7-13-19(21)25-27-28(33(41)36-32(27)40)26-20-14-8-10-16-22(20)39(35)30(26)29(25)38/h4-16,23-24,31,33,41H,17H2,1-3H3,(H,36,40)/t23-,24+,31-,33?,35-/m0/s1. The van der Waals surface area contributed by atoms with Crippen molar-refractivity contribution in [3.8, 4) is 0 Å². The van der Waals surface area contributed by atoms with E-state index in [0.29, 0.717) is 23.1 Å². The Morgan fingerprint density at radius 1 is 0.977 bits per heavy atom. The van der Waals surface area contributed by atoms with Crippen LogP contribution in [0.3, 0.4) is 0 Å². The molecule has 44 heavy (non-hydrogen) atoms. The number of fused-ring (bicyclic) bond motifs is 13. The molecule has 6 aromatic rings. The number of rotatable bonds is 3. The van der Waals surface area contributed by atoms with Crippen LogP contribution in [-0.2, 0) is 15.2 Å². The Balaban J connectivity index is 1.44. The number of likely N-dealkylation sites (N-methyl/N-ethyl adjacent to an activating group) is 1. The molecule has 220 valence electrons. The molecule has 0 radical (unpaired) electrons. The van der Waals surface area contributed by atoms with Crippen molar-refractivity contribution in [2.45, 2.75) is 43.7 Å². The number of para-hydroxylation sites is 2. The van der Waals surface area contributed by atoms with E-state index >= 15 is 0 Å². The van der Waals surface area contributed by atoms with Gasteiger partial charge in [-0.15, -0.1) is 0 Å². The quantitative estimate of drug-likeness (QED) is 0.290. The minimum absolute atomic E-state index is 0.0961. The summed E-state index contributed by atoms with van der Waals surface area (Å²) in [5.74, 6) is -0.393. The summed E-state index contributed by atoms with van der Waals surface area (Å²) in [6, 6.07) is 25.0. The van der Waals surface area contributed by atoms with E-state index in [1.165, 1.54) is 0 Å². The van der Waals surface area contributed by atoms with E-state index in [1.807, 2.05) is 92.8 Å². The van der Waals surface area contributed by atoms with Gasteiger partial charge >= 0.3 is 0 Å². The third kappa shape index (κ3) is 2.99. The molecule has 1 saturated heterocycles. The molecule has 2 aromatic heterocycles. The van der Waals surface area contributed by atoms with Crippen LogP contribution in [0.5, 0.6) is 0 Å². The van der Waals surface area contributed by atoms with Crippen molar-refractivity contribution in [2.75, 3.05) is 14.2 Å². The molecule has 2 bridgehead atoms. The van der Waals surface area contributed by atoms with Crippen molar-refractivity contribution >= 4 is 55.4 Å². The summed E-state index contributed by atoms with van der Waals surface area (Å²) in [4.78, 5) is 29.3. The summed E-state index contributed by atoms with van der Waals surface area (Å²) in [6.45, 7) is 2.03. The first-order chi connectivity index (χ1) is 21.3. The molecule has 1 fully saturated rings. The van der Waals surface area contributed by atoms with Gasteiger partial charge in [0.05, 0.1) is 33.7 Å². The maximum Gasteiger partial charge on any atom is 0.254 e. The van der Waals surface area contributed by atoms with Crippen molar-refractivity contribution in [2.24, 2.45) is 0 Å². The largest absolute Gasteiger partial charge is 0.374 e. The van der Waals surface area contributed by atoms with Crippen LogP contribution in [-0.4, -0.2) is 57.3 Å². The molecule has 9 nitrogen and oxygen atoms in total. The summed E-state index contributed by atoms with van der Waals surface area (Å²) < 4.78 is 17.9. The van der Waals surface area contributed by atoms with Gasteiger partial charge in [-0.2, -0.15) is 0 Å². The SMILES string of the molecule is CO[C@H]1[C@@H](N(C)C(=O)c2ccccc2)C[C@H]2O[C@]1(C)n1c3ccccc3c3c4c(c5c6ccccc6n2c5c31)C(=O)NC4O. The topological polar surface area (TPSA) is 98.0 Å². The van der Waals surface area contributed by atoms with Gasteiger partial charge in [0.2, 0.25) is 0 Å². The van der Waals surface area contributed by atoms with Crippen LogP contribution < -0.4 is 5.32 Å². The smallest absolute Gasteiger partial charge is 0.254 e. The van der Waals surface area contributed by atoms with Gasteiger partial charge in [0, 0.05) is 53.3 Å². The average molecular weight is 587 g/mol. The molecular weight excluding hydrogens is 556 g/mol. The van der Waals surface area contributed by atoms with Crippen LogP contribution in [0.4, 0.5) is 0 Å². The molecule has 9 rings (SSSR count). The number of ether oxygens (including phenoxy) is 2. The van der Waals surface area contributed by atoms with Crippen molar-refractivity contribution in [3.05, 3.63) is 95.6 Å². The Kier molecular flexibility index (Phi) is 5.09. The predicted molar refractivity (Wildman–Crippen MR) is 166 cm³/mol. The highest BCUT2D eigenvalue weighted by Gasteiger charge is 2.55. The number of carbonyl (C=O) groups is 2. The van der Waals surface area contributed by atoms with E-state index in [9.17, 15) is 14.7 Å². The van der Waals surface area contributed by atoms with Crippen LogP contribution >= 0.6 is 0 Å². The van der Waals surface area contributed by atoms with Gasteiger partial charge in [-0.3, -0.25) is 9.59 Å². The molecule has 3 aliphatic heterocycles. The summed E-state index contributed by atoms with van der Waals surface area (Å²) in [5, 5.41) is 17.5. The maximum absolute atomic E-state index is 13.9. The lowest BCUT2D eigenvalue weighted by Gasteiger charge is -2.50. The predicted octanol–water partition coefficient (Wildman–Crippen LogP) is 5.40. The number of benzene rings is 4. The van der Waals surface area contributed by atoms with Gasteiger partial charge < -0.3 is 33.9 Å². The zero-order chi connectivity index (χ0) is 30.1. The fraction of sp³-hybridized carbons (Fsp3) is 0.257. The number of nitrogens with zero attached hydrogens (tertiary/aromatic N) is 3. The molecule has 0 saturated carbocycles. The van der Waals surface area contributed by atoms with Gasteiger partial charge in [0.1, 0.15) is 12.3 Å². The third-order valence-electron chi connectivity index (χ3n) is 10.1. The summed E-state index contributed by atoms with van der Waals surface area (Å²) in [7, 11) is 3.50. The third-order valence-corrected chi connectivity index (χ3v) is 10.1. The lowest BCUT2D eigenvalue weighted by atomic mass is 9.91. The van der Waals surface area contributed by atoms with Crippen LogP contribution in [0.15, 0.2) is 78.9 Å². The number of carbonyl (C=O) groups excluding carboxylic acids is 2.